The number of carbonyl (C=O) groups is 2. The molecule has 4 heterocycles. The molecule has 35 heavy (non-hydrogen) atoms. The summed E-state index contributed by atoms with van der Waals surface area (Å²) in [5, 5.41) is 3.19. The lowest BCUT2D eigenvalue weighted by atomic mass is 10.1. The first-order chi connectivity index (χ1) is 17.0. The van der Waals surface area contributed by atoms with E-state index in [0.717, 1.165) is 43.6 Å². The summed E-state index contributed by atoms with van der Waals surface area (Å²) < 4.78 is 0. The van der Waals surface area contributed by atoms with Gasteiger partial charge in [0.05, 0.1) is 5.56 Å². The van der Waals surface area contributed by atoms with Crippen LogP contribution in [0.4, 0.5) is 17.6 Å². The highest BCUT2D eigenvalue weighted by atomic mass is 16.2. The van der Waals surface area contributed by atoms with Gasteiger partial charge in [0, 0.05) is 57.1 Å². The number of amides is 2. The summed E-state index contributed by atoms with van der Waals surface area (Å²) in [5.74, 6) is 2.76. The van der Waals surface area contributed by atoms with Crippen molar-refractivity contribution in [3.63, 3.8) is 0 Å². The molecule has 2 amide bonds. The number of likely N-dealkylation sites (N-methyl/N-ethyl adjacent to an activating group) is 1. The maximum atomic E-state index is 13.0. The minimum atomic E-state index is -0.225. The van der Waals surface area contributed by atoms with E-state index in [1.165, 1.54) is 19.3 Å². The summed E-state index contributed by atoms with van der Waals surface area (Å²) >= 11 is 0. The lowest BCUT2D eigenvalue weighted by Crippen LogP contribution is -2.49. The van der Waals surface area contributed by atoms with Crippen molar-refractivity contribution in [2.24, 2.45) is 5.92 Å². The molecule has 4 aliphatic rings. The smallest absolute Gasteiger partial charge is 0.255 e. The average Bonchev–Trinajstić information content (AvgIpc) is 3.67. The number of piperidine rings is 1. The molecule has 6 rings (SSSR count). The van der Waals surface area contributed by atoms with E-state index in [0.29, 0.717) is 41.8 Å². The van der Waals surface area contributed by atoms with E-state index in [9.17, 15) is 9.59 Å². The summed E-state index contributed by atoms with van der Waals surface area (Å²) in [7, 11) is 3.62. The zero-order valence-corrected chi connectivity index (χ0v) is 20.5. The summed E-state index contributed by atoms with van der Waals surface area (Å²) in [4.78, 5) is 45.6. The first-order valence-corrected chi connectivity index (χ1v) is 12.9. The number of aromatic nitrogens is 3. The third-order valence-corrected chi connectivity index (χ3v) is 8.20. The SMILES string of the molecule is CN(C)C(=O)C1Cc2cnc(Nc3ccc(C(=O)N4CC5CCC4C5)cn3)nc2N1C1CCCC1. The topological polar surface area (TPSA) is 94.6 Å². The number of fused-ring (bicyclic) bond motifs is 3. The molecule has 1 saturated heterocycles. The van der Waals surface area contributed by atoms with E-state index in [1.54, 1.807) is 11.1 Å². The highest BCUT2D eigenvalue weighted by Gasteiger charge is 2.42. The zero-order chi connectivity index (χ0) is 24.1. The molecule has 2 aliphatic carbocycles. The summed E-state index contributed by atoms with van der Waals surface area (Å²) in [6.45, 7) is 0.876. The van der Waals surface area contributed by atoms with Crippen molar-refractivity contribution < 1.29 is 9.59 Å². The standard InChI is InChI=1S/C26H33N7O2/c1-31(2)25(35)21-12-18-14-28-26(30-23(18)33(21)19-5-3-4-6-19)29-22-10-8-17(13-27-22)24(34)32-15-16-7-9-20(32)11-16/h8,10,13-14,16,19-21H,3-7,9,11-12,15H2,1-2H3,(H,27,28,29,30). The Labute approximate surface area is 205 Å². The van der Waals surface area contributed by atoms with Gasteiger partial charge < -0.3 is 20.0 Å². The van der Waals surface area contributed by atoms with E-state index < -0.39 is 0 Å². The lowest BCUT2D eigenvalue weighted by molar-refractivity contribution is -0.130. The van der Waals surface area contributed by atoms with Crippen molar-refractivity contribution in [1.82, 2.24) is 24.8 Å². The second-order valence-corrected chi connectivity index (χ2v) is 10.7. The second kappa shape index (κ2) is 8.77. The van der Waals surface area contributed by atoms with Crippen molar-refractivity contribution in [2.75, 3.05) is 30.9 Å². The molecular formula is C26H33N7O2. The molecule has 3 atom stereocenters. The molecule has 2 bridgehead atoms. The molecule has 0 aromatic carbocycles. The van der Waals surface area contributed by atoms with Crippen LogP contribution in [-0.4, -0.2) is 75.3 Å². The molecule has 1 N–H and O–H groups in total. The molecule has 3 fully saturated rings. The minimum Gasteiger partial charge on any atom is -0.347 e. The van der Waals surface area contributed by atoms with Crippen LogP contribution in [0.15, 0.2) is 24.5 Å². The predicted molar refractivity (Wildman–Crippen MR) is 133 cm³/mol. The van der Waals surface area contributed by atoms with Crippen molar-refractivity contribution in [3.8, 4) is 0 Å². The van der Waals surface area contributed by atoms with Crippen molar-refractivity contribution in [3.05, 3.63) is 35.7 Å². The van der Waals surface area contributed by atoms with E-state index in [2.05, 4.69) is 20.2 Å². The monoisotopic (exact) mass is 475 g/mol. The van der Waals surface area contributed by atoms with E-state index in [4.69, 9.17) is 4.98 Å². The van der Waals surface area contributed by atoms with Crippen LogP contribution in [0.3, 0.4) is 0 Å². The normalized spacial score (nSPS) is 25.3. The van der Waals surface area contributed by atoms with Gasteiger partial charge in [0.25, 0.3) is 5.91 Å². The molecular weight excluding hydrogens is 442 g/mol. The minimum absolute atomic E-state index is 0.0776. The highest BCUT2D eigenvalue weighted by molar-refractivity contribution is 5.94. The van der Waals surface area contributed by atoms with Crippen molar-refractivity contribution in [2.45, 2.75) is 69.5 Å². The van der Waals surface area contributed by atoms with Crippen LogP contribution in [0.2, 0.25) is 0 Å². The zero-order valence-electron chi connectivity index (χ0n) is 20.5. The maximum absolute atomic E-state index is 13.0. The molecule has 0 radical (unpaired) electrons. The number of nitrogens with zero attached hydrogens (tertiary/aromatic N) is 6. The Bertz CT molecular complexity index is 1130. The Hall–Kier alpha value is -3.23. The molecule has 184 valence electrons. The summed E-state index contributed by atoms with van der Waals surface area (Å²) in [6.07, 6.45) is 12.2. The Morgan fingerprint density at radius 2 is 1.86 bits per heavy atom. The molecule has 2 aliphatic heterocycles. The van der Waals surface area contributed by atoms with Crippen molar-refractivity contribution >= 4 is 29.4 Å². The number of rotatable bonds is 5. The number of anilines is 3. The average molecular weight is 476 g/mol. The number of hydrogen-bond acceptors (Lipinski definition) is 7. The highest BCUT2D eigenvalue weighted by Crippen LogP contribution is 2.39. The molecule has 2 aromatic rings. The van der Waals surface area contributed by atoms with Crippen LogP contribution in [0.1, 0.15) is 60.9 Å². The van der Waals surface area contributed by atoms with Gasteiger partial charge in [-0.3, -0.25) is 9.59 Å². The predicted octanol–water partition coefficient (Wildman–Crippen LogP) is 3.00. The summed E-state index contributed by atoms with van der Waals surface area (Å²) in [6, 6.07) is 4.14. The van der Waals surface area contributed by atoms with Crippen LogP contribution in [0.5, 0.6) is 0 Å². The lowest BCUT2D eigenvalue weighted by Gasteiger charge is -2.33. The van der Waals surface area contributed by atoms with Crippen LogP contribution >= 0.6 is 0 Å². The van der Waals surface area contributed by atoms with Crippen LogP contribution in [0, 0.1) is 5.92 Å². The Kier molecular flexibility index (Phi) is 5.57. The largest absolute Gasteiger partial charge is 0.347 e. The molecule has 9 heteroatoms. The Balaban J connectivity index is 1.19. The summed E-state index contributed by atoms with van der Waals surface area (Å²) in [5.41, 5.74) is 1.63. The third kappa shape index (κ3) is 4.00. The van der Waals surface area contributed by atoms with Gasteiger partial charge in [-0.2, -0.15) is 4.98 Å². The fourth-order valence-corrected chi connectivity index (χ4v) is 6.44. The molecule has 9 nitrogen and oxygen atoms in total. The van der Waals surface area contributed by atoms with Gasteiger partial charge in [0.15, 0.2) is 0 Å². The number of pyridine rings is 1. The van der Waals surface area contributed by atoms with Gasteiger partial charge in [-0.1, -0.05) is 12.8 Å². The number of hydrogen-bond donors (Lipinski definition) is 1. The number of carbonyl (C=O) groups excluding carboxylic acids is 2. The number of nitrogens with one attached hydrogen (secondary N) is 1. The van der Waals surface area contributed by atoms with Gasteiger partial charge >= 0.3 is 0 Å². The number of likely N-dealkylation sites (tertiary alicyclic amines) is 1. The third-order valence-electron chi connectivity index (χ3n) is 8.20. The van der Waals surface area contributed by atoms with E-state index >= 15 is 0 Å². The van der Waals surface area contributed by atoms with Gasteiger partial charge in [-0.05, 0) is 50.2 Å². The maximum Gasteiger partial charge on any atom is 0.255 e. The Morgan fingerprint density at radius 1 is 1.03 bits per heavy atom. The quantitative estimate of drug-likeness (QED) is 0.710. The van der Waals surface area contributed by atoms with Gasteiger partial charge in [0.2, 0.25) is 11.9 Å². The molecule has 2 aromatic heterocycles. The molecule has 2 saturated carbocycles. The molecule has 0 spiro atoms. The Morgan fingerprint density at radius 3 is 2.51 bits per heavy atom. The van der Waals surface area contributed by atoms with E-state index in [-0.39, 0.29) is 17.9 Å². The fraction of sp³-hybridized carbons (Fsp3) is 0.577. The second-order valence-electron chi connectivity index (χ2n) is 10.7. The van der Waals surface area contributed by atoms with Gasteiger partial charge in [-0.15, -0.1) is 0 Å². The van der Waals surface area contributed by atoms with Crippen LogP contribution in [0.25, 0.3) is 0 Å². The van der Waals surface area contributed by atoms with E-state index in [1.807, 2.05) is 37.3 Å². The van der Waals surface area contributed by atoms with Crippen molar-refractivity contribution in [1.29, 1.82) is 0 Å². The van der Waals surface area contributed by atoms with Crippen LogP contribution < -0.4 is 10.2 Å². The van der Waals surface area contributed by atoms with Gasteiger partial charge in [0.1, 0.15) is 17.7 Å². The first kappa shape index (κ1) is 22.2. The van der Waals surface area contributed by atoms with Crippen LogP contribution in [-0.2, 0) is 11.2 Å². The molecule has 3 unspecified atom stereocenters. The fourth-order valence-electron chi connectivity index (χ4n) is 6.44. The first-order valence-electron chi connectivity index (χ1n) is 12.9. The van der Waals surface area contributed by atoms with Gasteiger partial charge in [-0.25, -0.2) is 9.97 Å².